The molecule has 18 heavy (non-hydrogen) atoms. The highest BCUT2D eigenvalue weighted by molar-refractivity contribution is 5.81. The van der Waals surface area contributed by atoms with Gasteiger partial charge in [0.1, 0.15) is 0 Å². The number of amides is 1. The van der Waals surface area contributed by atoms with Gasteiger partial charge in [-0.2, -0.15) is 0 Å². The SMILES string of the molecule is CCNC(=O)C(C)N1CCCC(C(=O)OCC)C1. The maximum atomic E-state index is 11.8. The van der Waals surface area contributed by atoms with Gasteiger partial charge in [0.05, 0.1) is 18.6 Å². The molecular formula is C13H24N2O3. The van der Waals surface area contributed by atoms with Crippen LogP contribution >= 0.6 is 0 Å². The Bertz CT molecular complexity index is 278. The minimum Gasteiger partial charge on any atom is -0.466 e. The predicted octanol–water partition coefficient (Wildman–Crippen LogP) is 0.786. The largest absolute Gasteiger partial charge is 0.466 e. The molecule has 0 aliphatic carbocycles. The van der Waals surface area contributed by atoms with Crippen LogP contribution in [0.4, 0.5) is 0 Å². The number of likely N-dealkylation sites (N-methyl/N-ethyl adjacent to an activating group) is 1. The number of rotatable bonds is 5. The van der Waals surface area contributed by atoms with E-state index in [1.807, 2.05) is 20.8 Å². The van der Waals surface area contributed by atoms with Crippen molar-refractivity contribution in [3.63, 3.8) is 0 Å². The van der Waals surface area contributed by atoms with Crippen molar-refractivity contribution in [3.8, 4) is 0 Å². The summed E-state index contributed by atoms with van der Waals surface area (Å²) in [7, 11) is 0. The van der Waals surface area contributed by atoms with Crippen molar-refractivity contribution < 1.29 is 14.3 Å². The molecule has 1 heterocycles. The lowest BCUT2D eigenvalue weighted by atomic mass is 9.97. The van der Waals surface area contributed by atoms with Crippen molar-refractivity contribution >= 4 is 11.9 Å². The molecule has 0 bridgehead atoms. The van der Waals surface area contributed by atoms with Crippen LogP contribution < -0.4 is 5.32 Å². The van der Waals surface area contributed by atoms with Crippen LogP contribution in [-0.4, -0.2) is 49.1 Å². The van der Waals surface area contributed by atoms with Crippen molar-refractivity contribution in [3.05, 3.63) is 0 Å². The average molecular weight is 256 g/mol. The fourth-order valence-electron chi connectivity index (χ4n) is 2.30. The number of nitrogens with zero attached hydrogens (tertiary/aromatic N) is 1. The summed E-state index contributed by atoms with van der Waals surface area (Å²) in [4.78, 5) is 25.6. The number of piperidine rings is 1. The van der Waals surface area contributed by atoms with Gasteiger partial charge in [-0.3, -0.25) is 14.5 Å². The maximum absolute atomic E-state index is 11.8. The minimum absolute atomic E-state index is 0.0296. The van der Waals surface area contributed by atoms with Crippen molar-refractivity contribution in [2.24, 2.45) is 5.92 Å². The summed E-state index contributed by atoms with van der Waals surface area (Å²) in [5.74, 6) is -0.192. The second-order valence-electron chi connectivity index (χ2n) is 4.66. The first-order valence-electron chi connectivity index (χ1n) is 6.78. The molecule has 104 valence electrons. The number of hydrogen-bond acceptors (Lipinski definition) is 4. The van der Waals surface area contributed by atoms with Crippen LogP contribution in [0.3, 0.4) is 0 Å². The van der Waals surface area contributed by atoms with Crippen LogP contribution in [-0.2, 0) is 14.3 Å². The molecule has 1 fully saturated rings. The second kappa shape index (κ2) is 7.36. The Balaban J connectivity index is 2.52. The molecule has 0 radical (unpaired) electrons. The smallest absolute Gasteiger partial charge is 0.310 e. The molecule has 0 spiro atoms. The maximum Gasteiger partial charge on any atom is 0.310 e. The Morgan fingerprint density at radius 3 is 2.78 bits per heavy atom. The lowest BCUT2D eigenvalue weighted by molar-refractivity contribution is -0.151. The summed E-state index contributed by atoms with van der Waals surface area (Å²) in [5.41, 5.74) is 0. The van der Waals surface area contributed by atoms with Gasteiger partial charge >= 0.3 is 5.97 Å². The van der Waals surface area contributed by atoms with Gasteiger partial charge in [-0.1, -0.05) is 0 Å². The van der Waals surface area contributed by atoms with Gasteiger partial charge in [0, 0.05) is 13.1 Å². The molecule has 1 aliphatic rings. The fraction of sp³-hybridized carbons (Fsp3) is 0.846. The van der Waals surface area contributed by atoms with Gasteiger partial charge < -0.3 is 10.1 Å². The van der Waals surface area contributed by atoms with Crippen LogP contribution in [0.2, 0.25) is 0 Å². The lowest BCUT2D eigenvalue weighted by Gasteiger charge is -2.34. The number of carbonyl (C=O) groups is 2. The van der Waals surface area contributed by atoms with Crippen LogP contribution in [0.25, 0.3) is 0 Å². The van der Waals surface area contributed by atoms with Gasteiger partial charge in [0.25, 0.3) is 0 Å². The minimum atomic E-state index is -0.179. The second-order valence-corrected chi connectivity index (χ2v) is 4.66. The molecule has 5 heteroatoms. The third kappa shape index (κ3) is 3.98. The number of ether oxygens (including phenoxy) is 1. The standard InChI is InChI=1S/C13H24N2O3/c1-4-14-12(16)10(3)15-8-6-7-11(9-15)13(17)18-5-2/h10-11H,4-9H2,1-3H3,(H,14,16). The zero-order valence-corrected chi connectivity index (χ0v) is 11.6. The summed E-state index contributed by atoms with van der Waals surface area (Å²) in [6.07, 6.45) is 1.80. The zero-order chi connectivity index (χ0) is 13.5. The Labute approximate surface area is 109 Å². The molecule has 0 aromatic rings. The van der Waals surface area contributed by atoms with Crippen molar-refractivity contribution in [1.29, 1.82) is 0 Å². The summed E-state index contributed by atoms with van der Waals surface area (Å²) in [6.45, 7) is 8.15. The van der Waals surface area contributed by atoms with Gasteiger partial charge in [0.2, 0.25) is 5.91 Å². The van der Waals surface area contributed by atoms with Crippen LogP contribution in [0.5, 0.6) is 0 Å². The van der Waals surface area contributed by atoms with E-state index >= 15 is 0 Å². The molecule has 2 atom stereocenters. The first-order chi connectivity index (χ1) is 8.60. The third-order valence-corrected chi connectivity index (χ3v) is 3.35. The molecule has 2 unspecified atom stereocenters. The van der Waals surface area contributed by atoms with Crippen LogP contribution in [0.15, 0.2) is 0 Å². The van der Waals surface area contributed by atoms with E-state index in [9.17, 15) is 9.59 Å². The predicted molar refractivity (Wildman–Crippen MR) is 69.1 cm³/mol. The topological polar surface area (TPSA) is 58.6 Å². The summed E-state index contributed by atoms with van der Waals surface area (Å²) < 4.78 is 5.05. The van der Waals surface area contributed by atoms with Crippen molar-refractivity contribution in [2.45, 2.75) is 39.7 Å². The molecule has 1 amide bonds. The van der Waals surface area contributed by atoms with E-state index in [-0.39, 0.29) is 23.8 Å². The van der Waals surface area contributed by atoms with E-state index in [1.165, 1.54) is 0 Å². The molecule has 1 saturated heterocycles. The molecule has 0 aromatic heterocycles. The molecule has 1 aliphatic heterocycles. The average Bonchev–Trinajstić information content (AvgIpc) is 2.38. The molecular weight excluding hydrogens is 232 g/mol. The van der Waals surface area contributed by atoms with Crippen LogP contribution in [0.1, 0.15) is 33.6 Å². The van der Waals surface area contributed by atoms with E-state index in [0.717, 1.165) is 19.4 Å². The van der Waals surface area contributed by atoms with E-state index in [0.29, 0.717) is 19.7 Å². The van der Waals surface area contributed by atoms with Crippen LogP contribution in [0, 0.1) is 5.92 Å². The summed E-state index contributed by atoms with van der Waals surface area (Å²) in [6, 6.07) is -0.179. The highest BCUT2D eigenvalue weighted by atomic mass is 16.5. The van der Waals surface area contributed by atoms with Gasteiger partial charge in [-0.25, -0.2) is 0 Å². The summed E-state index contributed by atoms with van der Waals surface area (Å²) in [5, 5.41) is 2.82. The lowest BCUT2D eigenvalue weighted by Crippen LogP contribution is -2.50. The molecule has 5 nitrogen and oxygen atoms in total. The Kier molecular flexibility index (Phi) is 6.12. The number of hydrogen-bond donors (Lipinski definition) is 1. The van der Waals surface area contributed by atoms with E-state index in [1.54, 1.807) is 0 Å². The fourth-order valence-corrected chi connectivity index (χ4v) is 2.30. The van der Waals surface area contributed by atoms with E-state index in [4.69, 9.17) is 4.74 Å². The van der Waals surface area contributed by atoms with Gasteiger partial charge in [0.15, 0.2) is 0 Å². The zero-order valence-electron chi connectivity index (χ0n) is 11.6. The molecule has 1 N–H and O–H groups in total. The molecule has 0 saturated carbocycles. The van der Waals surface area contributed by atoms with E-state index < -0.39 is 0 Å². The Morgan fingerprint density at radius 2 is 2.17 bits per heavy atom. The van der Waals surface area contributed by atoms with Gasteiger partial charge in [-0.15, -0.1) is 0 Å². The van der Waals surface area contributed by atoms with Crippen molar-refractivity contribution in [2.75, 3.05) is 26.2 Å². The highest BCUT2D eigenvalue weighted by Crippen LogP contribution is 2.19. The third-order valence-electron chi connectivity index (χ3n) is 3.35. The van der Waals surface area contributed by atoms with Crippen molar-refractivity contribution in [1.82, 2.24) is 10.2 Å². The Hall–Kier alpha value is -1.10. The number of esters is 1. The normalized spacial score (nSPS) is 22.3. The summed E-state index contributed by atoms with van der Waals surface area (Å²) >= 11 is 0. The quantitative estimate of drug-likeness (QED) is 0.739. The monoisotopic (exact) mass is 256 g/mol. The number of carbonyl (C=O) groups excluding carboxylic acids is 2. The van der Waals surface area contributed by atoms with Gasteiger partial charge in [-0.05, 0) is 40.2 Å². The molecule has 0 aromatic carbocycles. The number of nitrogens with one attached hydrogen (secondary N) is 1. The Morgan fingerprint density at radius 1 is 1.44 bits per heavy atom. The molecule has 1 rings (SSSR count). The highest BCUT2D eigenvalue weighted by Gasteiger charge is 2.31. The number of likely N-dealkylation sites (tertiary alicyclic amines) is 1. The first kappa shape index (κ1) is 15.0. The van der Waals surface area contributed by atoms with E-state index in [2.05, 4.69) is 10.2 Å². The first-order valence-corrected chi connectivity index (χ1v) is 6.78.